The van der Waals surface area contributed by atoms with Crippen LogP contribution in [0, 0.1) is 0 Å². The number of ether oxygens (including phenoxy) is 1. The van der Waals surface area contributed by atoms with Crippen molar-refractivity contribution in [3.63, 3.8) is 0 Å². The van der Waals surface area contributed by atoms with E-state index in [9.17, 15) is 0 Å². The molecule has 72 valence electrons. The lowest BCUT2D eigenvalue weighted by atomic mass is 10.8. The molecule has 0 aliphatic heterocycles. The van der Waals surface area contributed by atoms with E-state index in [2.05, 4.69) is 11.3 Å². The van der Waals surface area contributed by atoms with Gasteiger partial charge in [0.05, 0.1) is 13.2 Å². The molecule has 1 heterocycles. The second-order valence-corrected chi connectivity index (χ2v) is 2.16. The van der Waals surface area contributed by atoms with E-state index in [1.54, 1.807) is 6.20 Å². The van der Waals surface area contributed by atoms with Crippen molar-refractivity contribution in [1.29, 1.82) is 0 Å². The molecular weight excluding hydrogens is 172 g/mol. The molecule has 1 aromatic heterocycles. The first-order valence-corrected chi connectivity index (χ1v) is 3.50. The third-order valence-corrected chi connectivity index (χ3v) is 1.17. The molecule has 0 bridgehead atoms. The van der Waals surface area contributed by atoms with Crippen LogP contribution in [0.15, 0.2) is 25.3 Å². The van der Waals surface area contributed by atoms with Crippen LogP contribution in [-0.2, 0) is 11.8 Å². The third kappa shape index (κ3) is 5.49. The number of imidazole rings is 1. The lowest BCUT2D eigenvalue weighted by Gasteiger charge is -1.92. The lowest BCUT2D eigenvalue weighted by molar-refractivity contribution is -0.670. The first-order chi connectivity index (χ1) is 6.10. The highest BCUT2D eigenvalue weighted by Crippen LogP contribution is 1.79. The van der Waals surface area contributed by atoms with E-state index < -0.39 is 6.16 Å². The molecule has 0 fully saturated rings. The van der Waals surface area contributed by atoms with Crippen LogP contribution in [0.25, 0.3) is 6.20 Å². The minimum Gasteiger partial charge on any atom is -0.553 e. The standard InChI is InChI=1S/C6H9N2.C2H4O3/c1-3-8-5-4-7(2)6-8;1-5-2(3)4/h3-6H,1H2,2H3;1H3,(H,3,4)/q+1;/p-1. The molecule has 0 atom stereocenters. The zero-order valence-corrected chi connectivity index (χ0v) is 7.64. The van der Waals surface area contributed by atoms with Gasteiger partial charge in [0.2, 0.25) is 6.33 Å². The van der Waals surface area contributed by atoms with Gasteiger partial charge in [-0.05, 0) is 0 Å². The Hall–Kier alpha value is -1.78. The Morgan fingerprint density at radius 2 is 2.31 bits per heavy atom. The van der Waals surface area contributed by atoms with Crippen LogP contribution in [0.1, 0.15) is 0 Å². The number of aromatic nitrogens is 2. The molecule has 0 unspecified atom stereocenters. The normalized spacial score (nSPS) is 8.15. The highest BCUT2D eigenvalue weighted by Gasteiger charge is 1.90. The van der Waals surface area contributed by atoms with Gasteiger partial charge in [0, 0.05) is 7.11 Å². The monoisotopic (exact) mass is 184 g/mol. The van der Waals surface area contributed by atoms with Crippen molar-refractivity contribution in [3.05, 3.63) is 25.3 Å². The predicted octanol–water partition coefficient (Wildman–Crippen LogP) is -0.611. The quantitative estimate of drug-likeness (QED) is 0.432. The van der Waals surface area contributed by atoms with Crippen LogP contribution in [0.3, 0.4) is 0 Å². The number of rotatable bonds is 1. The van der Waals surface area contributed by atoms with Gasteiger partial charge in [0.15, 0.2) is 0 Å². The maximum absolute atomic E-state index is 9.03. The van der Waals surface area contributed by atoms with Gasteiger partial charge in [0.25, 0.3) is 6.16 Å². The van der Waals surface area contributed by atoms with E-state index in [1.807, 2.05) is 34.9 Å². The summed E-state index contributed by atoms with van der Waals surface area (Å²) in [6.45, 7) is 3.59. The van der Waals surface area contributed by atoms with Gasteiger partial charge in [-0.25, -0.2) is 9.13 Å². The fraction of sp³-hybridized carbons (Fsp3) is 0.250. The number of hydrogen-bond acceptors (Lipinski definition) is 3. The maximum atomic E-state index is 9.03. The summed E-state index contributed by atoms with van der Waals surface area (Å²) >= 11 is 0. The predicted molar refractivity (Wildman–Crippen MR) is 44.4 cm³/mol. The molecule has 0 aromatic carbocycles. The average Bonchev–Trinajstić information content (AvgIpc) is 2.52. The van der Waals surface area contributed by atoms with Crippen molar-refractivity contribution >= 4 is 12.4 Å². The van der Waals surface area contributed by atoms with Crippen molar-refractivity contribution < 1.29 is 19.2 Å². The summed E-state index contributed by atoms with van der Waals surface area (Å²) in [5.41, 5.74) is 0. The first kappa shape index (κ1) is 11.2. The molecule has 0 N–H and O–H groups in total. The molecule has 1 aromatic rings. The smallest absolute Gasteiger partial charge is 0.251 e. The van der Waals surface area contributed by atoms with Gasteiger partial charge in [-0.3, -0.25) is 0 Å². The van der Waals surface area contributed by atoms with Crippen LogP contribution in [0.4, 0.5) is 4.79 Å². The average molecular weight is 184 g/mol. The van der Waals surface area contributed by atoms with Gasteiger partial charge in [-0.1, -0.05) is 6.58 Å². The first-order valence-electron chi connectivity index (χ1n) is 3.50. The van der Waals surface area contributed by atoms with Crippen LogP contribution >= 0.6 is 0 Å². The Morgan fingerprint density at radius 1 is 1.77 bits per heavy atom. The highest BCUT2D eigenvalue weighted by atomic mass is 16.6. The Morgan fingerprint density at radius 3 is 2.46 bits per heavy atom. The molecular formula is C8H12N2O3. The largest absolute Gasteiger partial charge is 0.553 e. The Balaban J connectivity index is 0.000000252. The second-order valence-electron chi connectivity index (χ2n) is 2.16. The zero-order chi connectivity index (χ0) is 10.3. The lowest BCUT2D eigenvalue weighted by Crippen LogP contribution is -2.23. The number of hydrogen-bond donors (Lipinski definition) is 0. The molecule has 13 heavy (non-hydrogen) atoms. The van der Waals surface area contributed by atoms with Crippen LogP contribution in [0.2, 0.25) is 0 Å². The number of carboxylic acid groups (broad SMARTS) is 1. The minimum atomic E-state index is -1.50. The van der Waals surface area contributed by atoms with E-state index in [0.717, 1.165) is 7.11 Å². The van der Waals surface area contributed by atoms with Crippen LogP contribution in [0.5, 0.6) is 0 Å². The Kier molecular flexibility index (Phi) is 5.02. The second kappa shape index (κ2) is 5.82. The van der Waals surface area contributed by atoms with Gasteiger partial charge < -0.3 is 14.6 Å². The Labute approximate surface area is 76.5 Å². The van der Waals surface area contributed by atoms with Crippen molar-refractivity contribution in [3.8, 4) is 0 Å². The van der Waals surface area contributed by atoms with Gasteiger partial charge in [-0.15, -0.1) is 0 Å². The molecule has 0 saturated carbocycles. The number of aryl methyl sites for hydroxylation is 1. The number of methoxy groups -OCH3 is 1. The highest BCUT2D eigenvalue weighted by molar-refractivity contribution is 5.53. The van der Waals surface area contributed by atoms with E-state index in [-0.39, 0.29) is 0 Å². The van der Waals surface area contributed by atoms with Crippen molar-refractivity contribution in [2.45, 2.75) is 0 Å². The molecule has 0 aliphatic rings. The summed E-state index contributed by atoms with van der Waals surface area (Å²) in [6, 6.07) is 0. The van der Waals surface area contributed by atoms with Crippen LogP contribution in [-0.4, -0.2) is 17.8 Å². The summed E-state index contributed by atoms with van der Waals surface area (Å²) in [6.07, 6.45) is 6.09. The van der Waals surface area contributed by atoms with Gasteiger partial charge >= 0.3 is 0 Å². The Bertz CT molecular complexity index is 281. The molecule has 0 saturated heterocycles. The van der Waals surface area contributed by atoms with E-state index in [4.69, 9.17) is 9.90 Å². The molecule has 0 radical (unpaired) electrons. The summed E-state index contributed by atoms with van der Waals surface area (Å²) in [4.78, 5) is 9.03. The topological polar surface area (TPSA) is 58.2 Å². The molecule has 0 amide bonds. The molecule has 5 nitrogen and oxygen atoms in total. The van der Waals surface area contributed by atoms with Crippen molar-refractivity contribution in [1.82, 2.24) is 4.57 Å². The van der Waals surface area contributed by atoms with Crippen LogP contribution < -0.4 is 9.67 Å². The number of carbonyl (C=O) groups is 1. The number of nitrogens with zero attached hydrogens (tertiary/aromatic N) is 2. The summed E-state index contributed by atoms with van der Waals surface area (Å²) in [7, 11) is 3.01. The third-order valence-electron chi connectivity index (χ3n) is 1.17. The molecule has 5 heteroatoms. The van der Waals surface area contributed by atoms with Gasteiger partial charge in [0.1, 0.15) is 12.4 Å². The van der Waals surface area contributed by atoms with E-state index in [1.165, 1.54) is 0 Å². The van der Waals surface area contributed by atoms with Gasteiger partial charge in [-0.2, -0.15) is 0 Å². The van der Waals surface area contributed by atoms with Crippen molar-refractivity contribution in [2.24, 2.45) is 7.05 Å². The molecule has 1 rings (SSSR count). The van der Waals surface area contributed by atoms with Crippen molar-refractivity contribution in [2.75, 3.05) is 7.11 Å². The maximum Gasteiger partial charge on any atom is 0.251 e. The summed E-state index contributed by atoms with van der Waals surface area (Å²) < 4.78 is 7.40. The zero-order valence-electron chi connectivity index (χ0n) is 7.64. The number of carbonyl (C=O) groups excluding carboxylic acids is 1. The molecule has 0 aliphatic carbocycles. The summed E-state index contributed by atoms with van der Waals surface area (Å²) in [5, 5.41) is 9.03. The van der Waals surface area contributed by atoms with E-state index in [0.29, 0.717) is 0 Å². The molecule has 0 spiro atoms. The minimum absolute atomic E-state index is 1.04. The summed E-state index contributed by atoms with van der Waals surface area (Å²) in [5.74, 6) is 0. The SMILES string of the molecule is C=Cn1cc[n+](C)c1.COC(=O)[O-]. The fourth-order valence-electron chi connectivity index (χ4n) is 0.577. The fourth-order valence-corrected chi connectivity index (χ4v) is 0.577. The van der Waals surface area contributed by atoms with E-state index >= 15 is 0 Å².